The predicted octanol–water partition coefficient (Wildman–Crippen LogP) is 4.87. The number of ether oxygens (including phenoxy) is 1. The maximum Gasteiger partial charge on any atom is 0.222 e. The van der Waals surface area contributed by atoms with E-state index in [1.807, 2.05) is 36.9 Å². The minimum absolute atomic E-state index is 0.192. The zero-order valence-corrected chi connectivity index (χ0v) is 18.2. The second-order valence-corrected chi connectivity index (χ2v) is 8.61. The quantitative estimate of drug-likeness (QED) is 0.678. The molecule has 2 aliphatic rings. The number of carbonyl (C=O) groups is 1. The van der Waals surface area contributed by atoms with Crippen molar-refractivity contribution in [1.82, 2.24) is 15.0 Å². The molecule has 1 saturated carbocycles. The molecule has 0 radical (unpaired) electrons. The average Bonchev–Trinajstić information content (AvgIpc) is 3.19. The summed E-state index contributed by atoms with van der Waals surface area (Å²) in [7, 11) is 0. The zero-order valence-electron chi connectivity index (χ0n) is 18.2. The first-order valence-corrected chi connectivity index (χ1v) is 11.5. The van der Waals surface area contributed by atoms with E-state index >= 15 is 0 Å². The lowest BCUT2D eigenvalue weighted by atomic mass is 9.86. The Morgan fingerprint density at radius 2 is 2.07 bits per heavy atom. The molecule has 0 N–H and O–H groups in total. The topological polar surface area (TPSA) is 68.5 Å². The highest BCUT2D eigenvalue weighted by Gasteiger charge is 2.27. The van der Waals surface area contributed by atoms with Crippen molar-refractivity contribution < 1.29 is 14.1 Å². The molecule has 4 rings (SSSR count). The van der Waals surface area contributed by atoms with Crippen LogP contribution in [0.15, 0.2) is 22.7 Å². The lowest BCUT2D eigenvalue weighted by molar-refractivity contribution is -0.139. The molecule has 0 unspecified atom stereocenters. The summed E-state index contributed by atoms with van der Waals surface area (Å²) in [5.41, 5.74) is 3.53. The van der Waals surface area contributed by atoms with Gasteiger partial charge in [-0.1, -0.05) is 50.3 Å². The molecule has 6 heteroatoms. The van der Waals surface area contributed by atoms with Gasteiger partial charge in [-0.15, -0.1) is 0 Å². The van der Waals surface area contributed by atoms with Gasteiger partial charge in [0.05, 0.1) is 35.8 Å². The summed E-state index contributed by atoms with van der Waals surface area (Å²) in [5.74, 6) is 1.84. The number of pyridine rings is 1. The fraction of sp³-hybridized carbons (Fsp3) is 0.625. The normalized spacial score (nSPS) is 20.5. The Balaban J connectivity index is 1.42. The number of hydrogen-bond acceptors (Lipinski definition) is 5. The number of aromatic nitrogens is 2. The van der Waals surface area contributed by atoms with Crippen molar-refractivity contribution in [2.24, 2.45) is 5.92 Å². The van der Waals surface area contributed by atoms with Gasteiger partial charge in [-0.25, -0.2) is 4.98 Å². The first kappa shape index (κ1) is 21.0. The highest BCUT2D eigenvalue weighted by atomic mass is 16.5. The average molecular weight is 412 g/mol. The van der Waals surface area contributed by atoms with E-state index in [-0.39, 0.29) is 12.0 Å². The molecule has 1 aliphatic heterocycles. The molecule has 2 aromatic rings. The van der Waals surface area contributed by atoms with Gasteiger partial charge in [0.2, 0.25) is 5.91 Å². The van der Waals surface area contributed by atoms with Crippen molar-refractivity contribution in [3.05, 3.63) is 35.3 Å². The van der Waals surface area contributed by atoms with Crippen LogP contribution in [-0.4, -0.2) is 40.6 Å². The van der Waals surface area contributed by atoms with Crippen molar-refractivity contribution in [3.8, 4) is 11.3 Å². The first-order chi connectivity index (χ1) is 14.7. The van der Waals surface area contributed by atoms with Gasteiger partial charge in [-0.05, 0) is 31.4 Å². The zero-order chi connectivity index (χ0) is 20.9. The summed E-state index contributed by atoms with van der Waals surface area (Å²) >= 11 is 0. The van der Waals surface area contributed by atoms with Crippen LogP contribution in [0.5, 0.6) is 0 Å². The number of nitrogens with zero attached hydrogens (tertiary/aromatic N) is 3. The standard InChI is InChI=1S/C24H33N3O3/c1-3-21-24(17(2)26-30-21)20-11-7-10-19(25-20)22-16-27(14-15-29-22)23(28)13-12-18-8-5-4-6-9-18/h7,10-11,18,22H,3-6,8-9,12-16H2,1-2H3/t22-/m1/s1. The summed E-state index contributed by atoms with van der Waals surface area (Å²) in [6, 6.07) is 5.97. The molecule has 1 amide bonds. The largest absolute Gasteiger partial charge is 0.368 e. The predicted molar refractivity (Wildman–Crippen MR) is 115 cm³/mol. The summed E-state index contributed by atoms with van der Waals surface area (Å²) < 4.78 is 11.4. The van der Waals surface area contributed by atoms with Crippen LogP contribution in [0.3, 0.4) is 0 Å². The Hall–Kier alpha value is -2.21. The summed E-state index contributed by atoms with van der Waals surface area (Å²) in [6.07, 6.45) is 8.85. The van der Waals surface area contributed by atoms with Gasteiger partial charge in [-0.2, -0.15) is 0 Å². The molecule has 0 bridgehead atoms. The van der Waals surface area contributed by atoms with Crippen molar-refractivity contribution in [1.29, 1.82) is 0 Å². The van der Waals surface area contributed by atoms with Gasteiger partial charge >= 0.3 is 0 Å². The van der Waals surface area contributed by atoms with E-state index in [2.05, 4.69) is 5.16 Å². The fourth-order valence-electron chi connectivity index (χ4n) is 4.77. The third-order valence-corrected chi connectivity index (χ3v) is 6.52. The maximum absolute atomic E-state index is 12.8. The van der Waals surface area contributed by atoms with Crippen LogP contribution in [0.2, 0.25) is 0 Å². The molecule has 6 nitrogen and oxygen atoms in total. The van der Waals surface area contributed by atoms with Gasteiger partial charge in [0.25, 0.3) is 0 Å². The maximum atomic E-state index is 12.8. The van der Waals surface area contributed by atoms with Gasteiger partial charge in [0, 0.05) is 19.4 Å². The molecule has 2 aromatic heterocycles. The van der Waals surface area contributed by atoms with Gasteiger partial charge in [-0.3, -0.25) is 4.79 Å². The number of hydrogen-bond donors (Lipinski definition) is 0. The summed E-state index contributed by atoms with van der Waals surface area (Å²) in [6.45, 7) is 5.79. The number of aryl methyl sites for hydroxylation is 2. The molecule has 162 valence electrons. The Kier molecular flexibility index (Phi) is 6.82. The van der Waals surface area contributed by atoms with Crippen LogP contribution in [0, 0.1) is 12.8 Å². The van der Waals surface area contributed by atoms with E-state index in [1.165, 1.54) is 32.1 Å². The SMILES string of the molecule is CCc1onc(C)c1-c1cccc([C@H]2CN(C(=O)CCC3CCCCC3)CCO2)n1. The fourth-order valence-corrected chi connectivity index (χ4v) is 4.77. The van der Waals surface area contributed by atoms with E-state index in [4.69, 9.17) is 14.2 Å². The monoisotopic (exact) mass is 411 g/mol. The van der Waals surface area contributed by atoms with Gasteiger partial charge < -0.3 is 14.2 Å². The Bertz CT molecular complexity index is 857. The van der Waals surface area contributed by atoms with Gasteiger partial charge in [0.15, 0.2) is 0 Å². The summed E-state index contributed by atoms with van der Waals surface area (Å²) in [5, 5.41) is 4.10. The van der Waals surface area contributed by atoms with Crippen molar-refractivity contribution in [2.75, 3.05) is 19.7 Å². The Morgan fingerprint density at radius 1 is 1.23 bits per heavy atom. The van der Waals surface area contributed by atoms with Crippen LogP contribution in [0.1, 0.15) is 75.1 Å². The second-order valence-electron chi connectivity index (χ2n) is 8.61. The minimum Gasteiger partial charge on any atom is -0.368 e. The first-order valence-electron chi connectivity index (χ1n) is 11.5. The van der Waals surface area contributed by atoms with Crippen LogP contribution >= 0.6 is 0 Å². The van der Waals surface area contributed by atoms with Crippen molar-refractivity contribution in [3.63, 3.8) is 0 Å². The summed E-state index contributed by atoms with van der Waals surface area (Å²) in [4.78, 5) is 19.7. The van der Waals surface area contributed by atoms with Crippen molar-refractivity contribution >= 4 is 5.91 Å². The van der Waals surface area contributed by atoms with E-state index in [0.717, 1.165) is 47.2 Å². The number of carbonyl (C=O) groups excluding carboxylic acids is 1. The van der Waals surface area contributed by atoms with E-state index in [9.17, 15) is 4.79 Å². The van der Waals surface area contributed by atoms with Crippen LogP contribution in [0.25, 0.3) is 11.3 Å². The highest BCUT2D eigenvalue weighted by Crippen LogP contribution is 2.30. The number of morpholine rings is 1. The third-order valence-electron chi connectivity index (χ3n) is 6.52. The van der Waals surface area contributed by atoms with Crippen LogP contribution in [-0.2, 0) is 16.0 Å². The number of rotatable bonds is 6. The molecule has 30 heavy (non-hydrogen) atoms. The lowest BCUT2D eigenvalue weighted by Gasteiger charge is -2.33. The van der Waals surface area contributed by atoms with Gasteiger partial charge in [0.1, 0.15) is 11.9 Å². The molecule has 2 fully saturated rings. The highest BCUT2D eigenvalue weighted by molar-refractivity contribution is 5.76. The molecular formula is C24H33N3O3. The van der Waals surface area contributed by atoms with Crippen LogP contribution in [0.4, 0.5) is 0 Å². The minimum atomic E-state index is -0.192. The Labute approximate surface area is 179 Å². The molecule has 1 atom stereocenters. The molecule has 1 saturated heterocycles. The lowest BCUT2D eigenvalue weighted by Crippen LogP contribution is -2.42. The molecular weight excluding hydrogens is 378 g/mol. The van der Waals surface area contributed by atoms with E-state index in [1.54, 1.807) is 0 Å². The van der Waals surface area contributed by atoms with E-state index < -0.39 is 0 Å². The van der Waals surface area contributed by atoms with Crippen LogP contribution < -0.4 is 0 Å². The third kappa shape index (κ3) is 4.75. The molecule has 3 heterocycles. The number of amides is 1. The van der Waals surface area contributed by atoms with Crippen molar-refractivity contribution in [2.45, 2.75) is 71.3 Å². The molecule has 0 aromatic carbocycles. The second kappa shape index (κ2) is 9.73. The smallest absolute Gasteiger partial charge is 0.222 e. The molecule has 1 aliphatic carbocycles. The van der Waals surface area contributed by atoms with E-state index in [0.29, 0.717) is 26.1 Å². The molecule has 0 spiro atoms. The Morgan fingerprint density at radius 3 is 2.87 bits per heavy atom.